The standard InChI is InChI=1S/C25H26F3N5O3S/c1-3-37(35,36)22-5-4-15(2)8-16(22)11-33-14-31-23-18(24(33)34)9-21(25(26,27)28)20(19(23)10-29)13-32-7-6-17(30)12-32/h4-5,8-9,14,17H,3,6-7,11-13,30H2,1-2H3/t17-/m1/s1. The quantitative estimate of drug-likeness (QED) is 0.517. The second kappa shape index (κ2) is 9.89. The lowest BCUT2D eigenvalue weighted by Gasteiger charge is -2.21. The van der Waals surface area contributed by atoms with Gasteiger partial charge in [-0.2, -0.15) is 18.4 Å². The molecule has 0 unspecified atom stereocenters. The van der Waals surface area contributed by atoms with Gasteiger partial charge in [-0.25, -0.2) is 13.4 Å². The highest BCUT2D eigenvalue weighted by Gasteiger charge is 2.37. The molecule has 37 heavy (non-hydrogen) atoms. The Morgan fingerprint density at radius 2 is 1.97 bits per heavy atom. The average Bonchev–Trinajstić information content (AvgIpc) is 3.24. The van der Waals surface area contributed by atoms with Crippen LogP contribution in [0.1, 0.15) is 41.2 Å². The molecule has 1 saturated heterocycles. The monoisotopic (exact) mass is 533 g/mol. The van der Waals surface area contributed by atoms with E-state index in [2.05, 4.69) is 4.98 Å². The minimum Gasteiger partial charge on any atom is -0.326 e. The zero-order valence-electron chi connectivity index (χ0n) is 20.3. The van der Waals surface area contributed by atoms with Gasteiger partial charge in [-0.1, -0.05) is 24.6 Å². The number of aromatic nitrogens is 2. The van der Waals surface area contributed by atoms with E-state index in [9.17, 15) is 31.6 Å². The fourth-order valence-electron chi connectivity index (χ4n) is 4.70. The molecular formula is C25H26F3N5O3S. The van der Waals surface area contributed by atoms with Crippen molar-refractivity contribution >= 4 is 20.7 Å². The van der Waals surface area contributed by atoms with Crippen molar-refractivity contribution in [2.75, 3.05) is 18.8 Å². The maximum atomic E-state index is 14.1. The third-order valence-electron chi connectivity index (χ3n) is 6.60. The van der Waals surface area contributed by atoms with Gasteiger partial charge in [0.25, 0.3) is 5.56 Å². The van der Waals surface area contributed by atoms with Crippen LogP contribution in [0.15, 0.2) is 40.3 Å². The molecule has 2 N–H and O–H groups in total. The van der Waals surface area contributed by atoms with Crippen LogP contribution in [0.3, 0.4) is 0 Å². The van der Waals surface area contributed by atoms with Crippen molar-refractivity contribution < 1.29 is 21.6 Å². The van der Waals surface area contributed by atoms with Gasteiger partial charge < -0.3 is 5.73 Å². The Morgan fingerprint density at radius 1 is 1.24 bits per heavy atom. The highest BCUT2D eigenvalue weighted by atomic mass is 32.2. The van der Waals surface area contributed by atoms with E-state index in [1.807, 2.05) is 6.07 Å². The highest BCUT2D eigenvalue weighted by molar-refractivity contribution is 7.91. The van der Waals surface area contributed by atoms with Crippen LogP contribution in [-0.4, -0.2) is 47.8 Å². The van der Waals surface area contributed by atoms with Crippen molar-refractivity contribution in [3.8, 4) is 6.07 Å². The molecule has 1 atom stereocenters. The van der Waals surface area contributed by atoms with Crippen molar-refractivity contribution in [2.45, 2.75) is 50.5 Å². The molecule has 1 aromatic heterocycles. The van der Waals surface area contributed by atoms with E-state index in [4.69, 9.17) is 5.73 Å². The Morgan fingerprint density at radius 3 is 2.57 bits per heavy atom. The first kappa shape index (κ1) is 26.8. The smallest absolute Gasteiger partial charge is 0.326 e. The van der Waals surface area contributed by atoms with Crippen molar-refractivity contribution in [3.05, 3.63) is 68.8 Å². The molecule has 2 aromatic carbocycles. The SMILES string of the molecule is CCS(=O)(=O)c1ccc(C)cc1Cn1cnc2c(C#N)c(CN3CC[C@@H](N)C3)c(C(F)(F)F)cc2c1=O. The first-order valence-electron chi connectivity index (χ1n) is 11.7. The molecule has 1 aliphatic rings. The molecule has 1 aliphatic heterocycles. The van der Waals surface area contributed by atoms with Crippen LogP contribution in [0.25, 0.3) is 10.9 Å². The van der Waals surface area contributed by atoms with Crippen molar-refractivity contribution in [1.82, 2.24) is 14.5 Å². The van der Waals surface area contributed by atoms with E-state index in [1.165, 1.54) is 13.0 Å². The lowest BCUT2D eigenvalue weighted by molar-refractivity contribution is -0.138. The van der Waals surface area contributed by atoms with Crippen LogP contribution in [0.2, 0.25) is 0 Å². The van der Waals surface area contributed by atoms with Gasteiger partial charge in [0, 0.05) is 25.7 Å². The predicted molar refractivity (Wildman–Crippen MR) is 132 cm³/mol. The second-order valence-electron chi connectivity index (χ2n) is 9.26. The summed E-state index contributed by atoms with van der Waals surface area (Å²) in [7, 11) is -3.62. The molecule has 0 saturated carbocycles. The van der Waals surface area contributed by atoms with Gasteiger partial charge in [0.1, 0.15) is 6.07 Å². The highest BCUT2D eigenvalue weighted by Crippen LogP contribution is 2.37. The maximum Gasteiger partial charge on any atom is 0.416 e. The average molecular weight is 534 g/mol. The molecule has 1 fully saturated rings. The Hall–Kier alpha value is -3.27. The zero-order chi connectivity index (χ0) is 27.1. The molecule has 0 amide bonds. The largest absolute Gasteiger partial charge is 0.416 e. The lowest BCUT2D eigenvalue weighted by atomic mass is 9.97. The molecule has 0 aliphatic carbocycles. The Labute approximate surface area is 212 Å². The minimum absolute atomic E-state index is 0.0421. The van der Waals surface area contributed by atoms with Gasteiger partial charge in [-0.3, -0.25) is 14.3 Å². The Balaban J connectivity index is 1.89. The van der Waals surface area contributed by atoms with Crippen LogP contribution in [-0.2, 0) is 29.1 Å². The Kier molecular flexibility index (Phi) is 7.16. The van der Waals surface area contributed by atoms with Crippen molar-refractivity contribution in [1.29, 1.82) is 5.26 Å². The first-order valence-corrected chi connectivity index (χ1v) is 13.3. The number of rotatable bonds is 6. The molecule has 0 radical (unpaired) electrons. The van der Waals surface area contributed by atoms with E-state index in [0.29, 0.717) is 25.1 Å². The molecule has 8 nitrogen and oxygen atoms in total. The van der Waals surface area contributed by atoms with E-state index < -0.39 is 27.1 Å². The molecule has 3 aromatic rings. The fourth-order valence-corrected chi connectivity index (χ4v) is 5.81. The molecular weight excluding hydrogens is 507 g/mol. The molecule has 4 rings (SSSR count). The number of nitrogens with two attached hydrogens (primary N) is 1. The summed E-state index contributed by atoms with van der Waals surface area (Å²) in [6.07, 6.45) is -3.05. The van der Waals surface area contributed by atoms with E-state index in [-0.39, 0.29) is 51.8 Å². The summed E-state index contributed by atoms with van der Waals surface area (Å²) in [6, 6.07) is 7.12. The summed E-state index contributed by atoms with van der Waals surface area (Å²) in [5.41, 5.74) is 4.43. The normalized spacial score (nSPS) is 16.8. The number of sulfone groups is 1. The van der Waals surface area contributed by atoms with Crippen LogP contribution >= 0.6 is 0 Å². The zero-order valence-corrected chi connectivity index (χ0v) is 21.2. The summed E-state index contributed by atoms with van der Waals surface area (Å²) in [6.45, 7) is 3.79. The third-order valence-corrected chi connectivity index (χ3v) is 8.43. The van der Waals surface area contributed by atoms with Crippen LogP contribution in [0, 0.1) is 18.3 Å². The first-order chi connectivity index (χ1) is 17.4. The number of halogens is 3. The number of hydrogen-bond donors (Lipinski definition) is 1. The Bertz CT molecular complexity index is 1580. The minimum atomic E-state index is -4.82. The summed E-state index contributed by atoms with van der Waals surface area (Å²) in [4.78, 5) is 19.4. The van der Waals surface area contributed by atoms with Crippen LogP contribution in [0.5, 0.6) is 0 Å². The molecule has 0 bridgehead atoms. The molecule has 196 valence electrons. The summed E-state index contributed by atoms with van der Waals surface area (Å²) < 4.78 is 68.7. The van der Waals surface area contributed by atoms with Gasteiger partial charge in [-0.15, -0.1) is 0 Å². The second-order valence-corrected chi connectivity index (χ2v) is 11.5. The molecule has 0 spiro atoms. The summed E-state index contributed by atoms with van der Waals surface area (Å²) in [5.74, 6) is -0.154. The predicted octanol–water partition coefficient (Wildman–Crippen LogP) is 2.97. The maximum absolute atomic E-state index is 14.1. The van der Waals surface area contributed by atoms with E-state index >= 15 is 0 Å². The molecule has 2 heterocycles. The van der Waals surface area contributed by atoms with Crippen molar-refractivity contribution in [3.63, 3.8) is 0 Å². The van der Waals surface area contributed by atoms with E-state index in [1.54, 1.807) is 24.0 Å². The number of aryl methyl sites for hydroxylation is 1. The van der Waals surface area contributed by atoms with Gasteiger partial charge in [0.2, 0.25) is 0 Å². The third kappa shape index (κ3) is 5.25. The van der Waals surface area contributed by atoms with Gasteiger partial charge in [-0.05, 0) is 36.6 Å². The van der Waals surface area contributed by atoms with Gasteiger partial charge in [0.15, 0.2) is 9.84 Å². The molecule has 12 heteroatoms. The number of likely N-dealkylation sites (tertiary alicyclic amines) is 1. The topological polar surface area (TPSA) is 122 Å². The lowest BCUT2D eigenvalue weighted by Crippen LogP contribution is -2.28. The van der Waals surface area contributed by atoms with Crippen molar-refractivity contribution in [2.24, 2.45) is 5.73 Å². The van der Waals surface area contributed by atoms with Crippen LogP contribution in [0.4, 0.5) is 13.2 Å². The summed E-state index contributed by atoms with van der Waals surface area (Å²) >= 11 is 0. The number of benzene rings is 2. The number of fused-ring (bicyclic) bond motifs is 1. The van der Waals surface area contributed by atoms with Gasteiger partial charge in [0.05, 0.1) is 45.6 Å². The number of hydrogen-bond acceptors (Lipinski definition) is 7. The summed E-state index contributed by atoms with van der Waals surface area (Å²) in [5, 5.41) is 9.48. The fraction of sp³-hybridized carbons (Fsp3) is 0.400. The number of nitriles is 1. The number of nitrogens with zero attached hydrogens (tertiary/aromatic N) is 4. The van der Waals surface area contributed by atoms with E-state index in [0.717, 1.165) is 22.5 Å². The van der Waals surface area contributed by atoms with Gasteiger partial charge >= 0.3 is 6.18 Å². The number of alkyl halides is 3. The van der Waals surface area contributed by atoms with Crippen LogP contribution < -0.4 is 11.3 Å².